The van der Waals surface area contributed by atoms with Crippen LogP contribution in [0.2, 0.25) is 0 Å². The molecule has 0 fully saturated rings. The molecule has 0 spiro atoms. The molecule has 4 aromatic rings. The molecule has 3 N–H and O–H groups in total. The van der Waals surface area contributed by atoms with Crippen molar-refractivity contribution < 1.29 is 28.8 Å². The summed E-state index contributed by atoms with van der Waals surface area (Å²) in [4.78, 5) is 19.4. The molecule has 0 saturated carbocycles. The first-order chi connectivity index (χ1) is 22.0. The van der Waals surface area contributed by atoms with Gasteiger partial charge in [-0.25, -0.2) is 10.4 Å². The summed E-state index contributed by atoms with van der Waals surface area (Å²) >= 11 is 0. The Bertz CT molecular complexity index is 1580. The quantitative estimate of drug-likeness (QED) is 0.131. The lowest BCUT2D eigenvalue weighted by Crippen LogP contribution is -2.54. The number of rotatable bonds is 15. The van der Waals surface area contributed by atoms with Gasteiger partial charge in [0.05, 0.1) is 20.8 Å². The zero-order valence-corrected chi connectivity index (χ0v) is 25.6. The minimum Gasteiger partial charge on any atom is -0.497 e. The maximum Gasteiger partial charge on any atom is 0.266 e. The van der Waals surface area contributed by atoms with Crippen molar-refractivity contribution in [2.75, 3.05) is 34.0 Å². The number of aliphatic hydroxyl groups is 1. The SMILES string of the molecule is COc1cccc(CCNNC(=O)[C@@]2(Cc3ccccc3)N=C(c3ccc(OCCCO)cc3)O[C@H]2c2cccc(OC)c2)c1. The highest BCUT2D eigenvalue weighted by atomic mass is 16.5. The molecule has 0 saturated heterocycles. The molecule has 9 heteroatoms. The van der Waals surface area contributed by atoms with E-state index < -0.39 is 11.6 Å². The molecule has 45 heavy (non-hydrogen) atoms. The van der Waals surface area contributed by atoms with Crippen LogP contribution in [0.15, 0.2) is 108 Å². The van der Waals surface area contributed by atoms with Crippen LogP contribution in [0.1, 0.15) is 34.8 Å². The molecule has 1 aliphatic heterocycles. The van der Waals surface area contributed by atoms with Gasteiger partial charge in [-0.05, 0) is 71.6 Å². The predicted molar refractivity (Wildman–Crippen MR) is 173 cm³/mol. The van der Waals surface area contributed by atoms with Crippen molar-refractivity contribution in [3.05, 3.63) is 125 Å². The number of nitrogens with one attached hydrogen (secondary N) is 2. The Hall–Kier alpha value is -4.86. The number of carbonyl (C=O) groups excluding carboxylic acids is 1. The summed E-state index contributed by atoms with van der Waals surface area (Å²) in [6.45, 7) is 0.978. The van der Waals surface area contributed by atoms with Crippen LogP contribution in [-0.4, -0.2) is 56.4 Å². The van der Waals surface area contributed by atoms with Gasteiger partial charge >= 0.3 is 0 Å². The van der Waals surface area contributed by atoms with Crippen LogP contribution in [0.25, 0.3) is 0 Å². The molecule has 0 aliphatic carbocycles. The number of carbonyl (C=O) groups is 1. The fourth-order valence-corrected chi connectivity index (χ4v) is 5.28. The Labute approximate surface area is 263 Å². The van der Waals surface area contributed by atoms with Crippen LogP contribution in [0, 0.1) is 0 Å². The van der Waals surface area contributed by atoms with E-state index >= 15 is 0 Å². The monoisotopic (exact) mass is 609 g/mol. The Balaban J connectivity index is 1.46. The molecule has 0 aromatic heterocycles. The fourth-order valence-electron chi connectivity index (χ4n) is 5.28. The highest BCUT2D eigenvalue weighted by molar-refractivity contribution is 6.01. The maximum atomic E-state index is 14.3. The largest absolute Gasteiger partial charge is 0.497 e. The van der Waals surface area contributed by atoms with Crippen molar-refractivity contribution in [2.24, 2.45) is 4.99 Å². The second-order valence-corrected chi connectivity index (χ2v) is 10.7. The van der Waals surface area contributed by atoms with Crippen LogP contribution in [0.5, 0.6) is 17.2 Å². The first-order valence-electron chi connectivity index (χ1n) is 15.0. The van der Waals surface area contributed by atoms with Crippen molar-refractivity contribution in [3.8, 4) is 17.2 Å². The summed E-state index contributed by atoms with van der Waals surface area (Å²) in [6, 6.07) is 32.6. The number of hydrazine groups is 1. The minimum absolute atomic E-state index is 0.0653. The third-order valence-electron chi connectivity index (χ3n) is 7.62. The van der Waals surface area contributed by atoms with Crippen molar-refractivity contribution >= 4 is 11.8 Å². The van der Waals surface area contributed by atoms with E-state index in [4.69, 9.17) is 29.0 Å². The summed E-state index contributed by atoms with van der Waals surface area (Å²) in [5, 5.41) is 9.06. The van der Waals surface area contributed by atoms with Crippen LogP contribution in [-0.2, 0) is 22.4 Å². The van der Waals surface area contributed by atoms with Gasteiger partial charge in [-0.1, -0.05) is 54.6 Å². The molecule has 1 aliphatic rings. The molecule has 4 aromatic carbocycles. The highest BCUT2D eigenvalue weighted by Crippen LogP contribution is 2.43. The number of benzene rings is 4. The van der Waals surface area contributed by atoms with Gasteiger partial charge in [0.15, 0.2) is 11.6 Å². The second kappa shape index (κ2) is 15.2. The Morgan fingerprint density at radius 3 is 2.31 bits per heavy atom. The number of ether oxygens (including phenoxy) is 4. The Morgan fingerprint density at radius 1 is 0.867 bits per heavy atom. The van der Waals surface area contributed by atoms with E-state index in [1.54, 1.807) is 14.2 Å². The lowest BCUT2D eigenvalue weighted by atomic mass is 9.82. The Morgan fingerprint density at radius 2 is 1.58 bits per heavy atom. The van der Waals surface area contributed by atoms with E-state index in [1.165, 1.54) is 0 Å². The molecule has 1 amide bonds. The van der Waals surface area contributed by atoms with Gasteiger partial charge in [0.2, 0.25) is 5.90 Å². The number of methoxy groups -OCH3 is 2. The van der Waals surface area contributed by atoms with Gasteiger partial charge < -0.3 is 24.1 Å². The topological polar surface area (TPSA) is 111 Å². The lowest BCUT2D eigenvalue weighted by molar-refractivity contribution is -0.130. The van der Waals surface area contributed by atoms with E-state index in [2.05, 4.69) is 10.9 Å². The van der Waals surface area contributed by atoms with Gasteiger partial charge in [-0.15, -0.1) is 0 Å². The summed E-state index contributed by atoms with van der Waals surface area (Å²) in [6.07, 6.45) is 0.777. The lowest BCUT2D eigenvalue weighted by Gasteiger charge is -2.31. The van der Waals surface area contributed by atoms with Crippen molar-refractivity contribution in [1.82, 2.24) is 10.9 Å². The smallest absolute Gasteiger partial charge is 0.266 e. The van der Waals surface area contributed by atoms with Gasteiger partial charge in [0.1, 0.15) is 17.2 Å². The molecule has 234 valence electrons. The number of aliphatic imine (C=N–C) groups is 1. The molecule has 2 atom stereocenters. The standard InChI is InChI=1S/C36H39N3O6/c1-42-31-13-6-11-26(23-31)19-20-37-39-35(41)36(25-27-9-4-3-5-10-27)33(29-12-7-14-32(24-29)43-2)45-34(38-36)28-15-17-30(18-16-28)44-22-8-21-40/h3-7,9-18,23-24,33,37,40H,8,19-22,25H2,1-2H3,(H,39,41)/t33-,36-/m0/s1. The number of amides is 1. The summed E-state index contributed by atoms with van der Waals surface area (Å²) < 4.78 is 23.2. The zero-order chi connectivity index (χ0) is 31.5. The average molecular weight is 610 g/mol. The van der Waals surface area contributed by atoms with Gasteiger partial charge in [0, 0.05) is 31.6 Å². The number of hydrogen-bond acceptors (Lipinski definition) is 8. The number of hydrogen-bond donors (Lipinski definition) is 3. The first kappa shape index (κ1) is 31.6. The molecule has 0 unspecified atom stereocenters. The normalized spacial score (nSPS) is 17.2. The van der Waals surface area contributed by atoms with Gasteiger partial charge in [-0.2, -0.15) is 0 Å². The summed E-state index contributed by atoms with van der Waals surface area (Å²) in [7, 11) is 3.25. The number of aliphatic hydroxyl groups excluding tert-OH is 1. The molecular formula is C36H39N3O6. The van der Waals surface area contributed by atoms with Gasteiger partial charge in [0.25, 0.3) is 5.91 Å². The fraction of sp³-hybridized carbons (Fsp3) is 0.278. The third kappa shape index (κ3) is 7.81. The zero-order valence-electron chi connectivity index (χ0n) is 25.6. The summed E-state index contributed by atoms with van der Waals surface area (Å²) in [5.41, 5.74) is 8.22. The van der Waals surface area contributed by atoms with Crippen LogP contribution < -0.4 is 25.1 Å². The van der Waals surface area contributed by atoms with Crippen LogP contribution in [0.4, 0.5) is 0 Å². The molecule has 0 bridgehead atoms. The third-order valence-corrected chi connectivity index (χ3v) is 7.62. The first-order valence-corrected chi connectivity index (χ1v) is 15.0. The van der Waals surface area contributed by atoms with E-state index in [-0.39, 0.29) is 12.5 Å². The predicted octanol–water partition coefficient (Wildman–Crippen LogP) is 4.83. The molecule has 0 radical (unpaired) electrons. The molecule has 9 nitrogen and oxygen atoms in total. The van der Waals surface area contributed by atoms with Crippen molar-refractivity contribution in [3.63, 3.8) is 0 Å². The second-order valence-electron chi connectivity index (χ2n) is 10.7. The molecular weight excluding hydrogens is 570 g/mol. The summed E-state index contributed by atoms with van der Waals surface area (Å²) in [5.74, 6) is 2.15. The van der Waals surface area contributed by atoms with E-state index in [0.717, 1.165) is 22.4 Å². The number of nitrogens with zero attached hydrogens (tertiary/aromatic N) is 1. The van der Waals surface area contributed by atoms with Crippen LogP contribution in [0.3, 0.4) is 0 Å². The Kier molecular flexibility index (Phi) is 10.7. The molecule has 1 heterocycles. The highest BCUT2D eigenvalue weighted by Gasteiger charge is 2.53. The van der Waals surface area contributed by atoms with E-state index in [1.807, 2.05) is 103 Å². The van der Waals surface area contributed by atoms with Crippen LogP contribution >= 0.6 is 0 Å². The van der Waals surface area contributed by atoms with Crippen molar-refractivity contribution in [2.45, 2.75) is 30.9 Å². The van der Waals surface area contributed by atoms with E-state index in [0.29, 0.717) is 55.4 Å². The maximum absolute atomic E-state index is 14.3. The van der Waals surface area contributed by atoms with Gasteiger partial charge in [-0.3, -0.25) is 10.2 Å². The minimum atomic E-state index is -1.34. The van der Waals surface area contributed by atoms with Crippen molar-refractivity contribution in [1.29, 1.82) is 0 Å². The van der Waals surface area contributed by atoms with E-state index in [9.17, 15) is 4.79 Å². The molecule has 5 rings (SSSR count). The average Bonchev–Trinajstić information content (AvgIpc) is 3.48.